The van der Waals surface area contributed by atoms with Crippen LogP contribution in [-0.4, -0.2) is 53.4 Å². The van der Waals surface area contributed by atoms with E-state index in [4.69, 9.17) is 19.3 Å². The Bertz CT molecular complexity index is 684. The molecule has 4 atom stereocenters. The van der Waals surface area contributed by atoms with Crippen molar-refractivity contribution in [1.29, 1.82) is 0 Å². The standard InChI is InChI=1S/C19H24O9/c1-11(20)16(21)26-13(3)18(23)28-14(4)19(24)27-12(2)17(22)25-10-15-8-6-5-7-9-15/h5-9,11-14,20H,10H2,1-4H3/t11-,12+,13+,14+/m0/s1. The fourth-order valence-electron chi connectivity index (χ4n) is 1.80. The first-order valence-corrected chi connectivity index (χ1v) is 8.62. The van der Waals surface area contributed by atoms with Crippen LogP contribution in [0.25, 0.3) is 0 Å². The molecule has 0 bridgehead atoms. The highest BCUT2D eigenvalue weighted by Gasteiger charge is 2.29. The normalized spacial score (nSPS) is 14.8. The average molecular weight is 396 g/mol. The molecule has 28 heavy (non-hydrogen) atoms. The Labute approximate surface area is 162 Å². The first-order chi connectivity index (χ1) is 13.1. The van der Waals surface area contributed by atoms with E-state index in [1.165, 1.54) is 27.7 Å². The summed E-state index contributed by atoms with van der Waals surface area (Å²) in [5.74, 6) is -3.73. The number of esters is 4. The van der Waals surface area contributed by atoms with Crippen molar-refractivity contribution in [1.82, 2.24) is 0 Å². The van der Waals surface area contributed by atoms with Crippen LogP contribution in [0.15, 0.2) is 30.3 Å². The van der Waals surface area contributed by atoms with E-state index in [1.807, 2.05) is 6.07 Å². The second-order valence-electron chi connectivity index (χ2n) is 6.01. The van der Waals surface area contributed by atoms with Crippen molar-refractivity contribution in [2.45, 2.75) is 58.7 Å². The second-order valence-corrected chi connectivity index (χ2v) is 6.01. The van der Waals surface area contributed by atoms with E-state index >= 15 is 0 Å². The highest BCUT2D eigenvalue weighted by molar-refractivity contribution is 5.85. The van der Waals surface area contributed by atoms with Crippen LogP contribution in [0.4, 0.5) is 0 Å². The van der Waals surface area contributed by atoms with E-state index < -0.39 is 48.3 Å². The number of aliphatic hydroxyl groups is 1. The molecule has 9 heteroatoms. The van der Waals surface area contributed by atoms with Gasteiger partial charge >= 0.3 is 23.9 Å². The van der Waals surface area contributed by atoms with Crippen LogP contribution in [0.3, 0.4) is 0 Å². The Morgan fingerprint density at radius 2 is 1.18 bits per heavy atom. The first kappa shape index (κ1) is 23.1. The summed E-state index contributed by atoms with van der Waals surface area (Å²) < 4.78 is 19.5. The lowest BCUT2D eigenvalue weighted by Crippen LogP contribution is -2.37. The van der Waals surface area contributed by atoms with Gasteiger partial charge in [-0.2, -0.15) is 0 Å². The summed E-state index contributed by atoms with van der Waals surface area (Å²) in [6.45, 7) is 5.00. The Morgan fingerprint density at radius 3 is 1.64 bits per heavy atom. The lowest BCUT2D eigenvalue weighted by molar-refractivity contribution is -0.183. The van der Waals surface area contributed by atoms with Crippen molar-refractivity contribution in [3.8, 4) is 0 Å². The Balaban J connectivity index is 2.44. The van der Waals surface area contributed by atoms with Crippen LogP contribution in [-0.2, 0) is 44.7 Å². The molecule has 0 spiro atoms. The third-order valence-electron chi connectivity index (χ3n) is 3.44. The van der Waals surface area contributed by atoms with E-state index in [2.05, 4.69) is 4.74 Å². The minimum atomic E-state index is -1.40. The highest BCUT2D eigenvalue weighted by Crippen LogP contribution is 2.07. The first-order valence-electron chi connectivity index (χ1n) is 8.62. The van der Waals surface area contributed by atoms with Gasteiger partial charge in [-0.3, -0.25) is 0 Å². The Hall–Kier alpha value is -2.94. The largest absolute Gasteiger partial charge is 0.458 e. The maximum atomic E-state index is 12.0. The molecule has 1 aromatic carbocycles. The molecule has 0 amide bonds. The van der Waals surface area contributed by atoms with Crippen LogP contribution in [0.2, 0.25) is 0 Å². The molecule has 0 radical (unpaired) electrons. The van der Waals surface area contributed by atoms with Crippen molar-refractivity contribution in [2.24, 2.45) is 0 Å². The SMILES string of the molecule is C[C@H](O)C(=O)O[C@H](C)C(=O)O[C@H](C)C(=O)O[C@H](C)C(=O)OCc1ccccc1. The number of benzene rings is 1. The summed E-state index contributed by atoms with van der Waals surface area (Å²) in [7, 11) is 0. The smallest absolute Gasteiger partial charge is 0.347 e. The number of rotatable bonds is 9. The minimum Gasteiger partial charge on any atom is -0.458 e. The number of carbonyl (C=O) groups is 4. The fourth-order valence-corrected chi connectivity index (χ4v) is 1.80. The Morgan fingerprint density at radius 1 is 0.750 bits per heavy atom. The summed E-state index contributed by atoms with van der Waals surface area (Å²) >= 11 is 0. The molecule has 154 valence electrons. The van der Waals surface area contributed by atoms with Gasteiger partial charge in [0.05, 0.1) is 0 Å². The minimum absolute atomic E-state index is 0.0261. The summed E-state index contributed by atoms with van der Waals surface area (Å²) in [6, 6.07) is 8.96. The van der Waals surface area contributed by atoms with Crippen molar-refractivity contribution >= 4 is 23.9 Å². The fraction of sp³-hybridized carbons (Fsp3) is 0.474. The van der Waals surface area contributed by atoms with Crippen molar-refractivity contribution in [3.05, 3.63) is 35.9 Å². The monoisotopic (exact) mass is 396 g/mol. The van der Waals surface area contributed by atoms with Gasteiger partial charge in [0.15, 0.2) is 18.3 Å². The molecule has 0 aliphatic heterocycles. The lowest BCUT2D eigenvalue weighted by atomic mass is 10.2. The van der Waals surface area contributed by atoms with Crippen LogP contribution >= 0.6 is 0 Å². The molecule has 0 aliphatic carbocycles. The molecule has 0 fully saturated rings. The van der Waals surface area contributed by atoms with Crippen LogP contribution in [0, 0.1) is 0 Å². The molecule has 0 saturated carbocycles. The van der Waals surface area contributed by atoms with Gasteiger partial charge in [-0.25, -0.2) is 19.2 Å². The van der Waals surface area contributed by atoms with Crippen LogP contribution in [0.1, 0.15) is 33.3 Å². The number of aliphatic hydroxyl groups excluding tert-OH is 1. The highest BCUT2D eigenvalue weighted by atomic mass is 16.6. The molecule has 1 N–H and O–H groups in total. The van der Waals surface area contributed by atoms with E-state index in [1.54, 1.807) is 24.3 Å². The lowest BCUT2D eigenvalue weighted by Gasteiger charge is -2.18. The average Bonchev–Trinajstić information content (AvgIpc) is 2.66. The van der Waals surface area contributed by atoms with Gasteiger partial charge in [0, 0.05) is 0 Å². The third-order valence-corrected chi connectivity index (χ3v) is 3.44. The number of hydrogen-bond acceptors (Lipinski definition) is 9. The van der Waals surface area contributed by atoms with Gasteiger partial charge in [0.25, 0.3) is 0 Å². The summed E-state index contributed by atoms with van der Waals surface area (Å²) in [5, 5.41) is 9.04. The molecular formula is C19H24O9. The van der Waals surface area contributed by atoms with Crippen LogP contribution < -0.4 is 0 Å². The van der Waals surface area contributed by atoms with Gasteiger partial charge in [-0.15, -0.1) is 0 Å². The predicted molar refractivity (Wildman–Crippen MR) is 94.6 cm³/mol. The second kappa shape index (κ2) is 11.0. The molecule has 0 unspecified atom stereocenters. The maximum Gasteiger partial charge on any atom is 0.347 e. The topological polar surface area (TPSA) is 125 Å². The number of hydrogen-bond donors (Lipinski definition) is 1. The van der Waals surface area contributed by atoms with Gasteiger partial charge in [0.1, 0.15) is 12.7 Å². The predicted octanol–water partition coefficient (Wildman–Crippen LogP) is 0.906. The van der Waals surface area contributed by atoms with Crippen LogP contribution in [0.5, 0.6) is 0 Å². The van der Waals surface area contributed by atoms with E-state index in [0.717, 1.165) is 5.56 Å². The molecular weight excluding hydrogens is 372 g/mol. The molecule has 1 rings (SSSR count). The molecule has 1 aromatic rings. The summed E-state index contributed by atoms with van der Waals surface area (Å²) in [5.41, 5.74) is 0.775. The maximum absolute atomic E-state index is 12.0. The van der Waals surface area contributed by atoms with Crippen molar-refractivity contribution in [3.63, 3.8) is 0 Å². The van der Waals surface area contributed by atoms with Crippen molar-refractivity contribution in [2.75, 3.05) is 0 Å². The molecule has 9 nitrogen and oxygen atoms in total. The summed E-state index contributed by atoms with van der Waals surface area (Å²) in [4.78, 5) is 46.9. The number of ether oxygens (including phenoxy) is 4. The van der Waals surface area contributed by atoms with E-state index in [0.29, 0.717) is 0 Å². The zero-order valence-electron chi connectivity index (χ0n) is 16.1. The zero-order chi connectivity index (χ0) is 21.3. The third kappa shape index (κ3) is 7.75. The molecule has 0 saturated heterocycles. The number of carbonyl (C=O) groups excluding carboxylic acids is 4. The van der Waals surface area contributed by atoms with Gasteiger partial charge in [0.2, 0.25) is 0 Å². The van der Waals surface area contributed by atoms with E-state index in [-0.39, 0.29) is 6.61 Å². The molecule has 0 aliphatic rings. The zero-order valence-corrected chi connectivity index (χ0v) is 16.1. The van der Waals surface area contributed by atoms with Gasteiger partial charge < -0.3 is 24.1 Å². The molecule has 0 aromatic heterocycles. The Kier molecular flexibility index (Phi) is 9.10. The molecule has 0 heterocycles. The summed E-state index contributed by atoms with van der Waals surface area (Å²) in [6.07, 6.45) is -5.28. The van der Waals surface area contributed by atoms with Gasteiger partial charge in [-0.1, -0.05) is 30.3 Å². The quantitative estimate of drug-likeness (QED) is 0.479. The van der Waals surface area contributed by atoms with Gasteiger partial charge in [-0.05, 0) is 33.3 Å². The van der Waals surface area contributed by atoms with E-state index in [9.17, 15) is 19.2 Å². The van der Waals surface area contributed by atoms with Crippen molar-refractivity contribution < 1.29 is 43.2 Å².